The molecular weight excluding hydrogens is 209 g/mol. The molecule has 1 aromatic carbocycles. The predicted octanol–water partition coefficient (Wildman–Crippen LogP) is 2.79. The molecule has 1 N–H and O–H groups in total. The first-order valence-corrected chi connectivity index (χ1v) is 4.97. The van der Waals surface area contributed by atoms with Gasteiger partial charge < -0.3 is 9.72 Å². The van der Waals surface area contributed by atoms with Crippen molar-refractivity contribution >= 4 is 17.4 Å². The number of H-pyrrole nitrogens is 1. The Morgan fingerprint density at radius 3 is 2.75 bits per heavy atom. The third kappa shape index (κ3) is 3.38. The first-order valence-electron chi connectivity index (χ1n) is 4.97. The minimum Gasteiger partial charge on any atom is -0.468 e. The number of benzene rings is 1. The van der Waals surface area contributed by atoms with Gasteiger partial charge in [0.05, 0.1) is 6.61 Å². The number of fused-ring (bicyclic) bond motifs is 1. The van der Waals surface area contributed by atoms with Crippen LogP contribution in [-0.2, 0) is 9.53 Å². The molecule has 0 aliphatic carbocycles. The number of carbonyl (C=O) groups excluding carboxylic acids is 1. The van der Waals surface area contributed by atoms with Crippen LogP contribution in [0.4, 0.5) is 4.39 Å². The van der Waals surface area contributed by atoms with Crippen LogP contribution >= 0.6 is 0 Å². The summed E-state index contributed by atoms with van der Waals surface area (Å²) in [5.74, 6) is -0.184. The third-order valence-corrected chi connectivity index (χ3v) is 1.95. The van der Waals surface area contributed by atoms with Crippen LogP contribution < -0.4 is 0 Å². The Morgan fingerprint density at radius 2 is 2.19 bits per heavy atom. The number of halogens is 1. The van der Waals surface area contributed by atoms with Crippen molar-refractivity contribution < 1.29 is 13.9 Å². The summed E-state index contributed by atoms with van der Waals surface area (Å²) in [4.78, 5) is 12.3. The molecule has 2 rings (SSSR count). The maximum Gasteiger partial charge on any atom is 0.293 e. The van der Waals surface area contributed by atoms with E-state index in [1.807, 2.05) is 13.0 Å². The fourth-order valence-corrected chi connectivity index (χ4v) is 1.32. The van der Waals surface area contributed by atoms with Crippen molar-refractivity contribution in [1.82, 2.24) is 4.98 Å². The van der Waals surface area contributed by atoms with Gasteiger partial charge in [0.1, 0.15) is 5.82 Å². The second-order valence-corrected chi connectivity index (χ2v) is 3.24. The number of rotatable bonds is 2. The van der Waals surface area contributed by atoms with E-state index in [-0.39, 0.29) is 5.82 Å². The van der Waals surface area contributed by atoms with Crippen molar-refractivity contribution in [3.63, 3.8) is 0 Å². The van der Waals surface area contributed by atoms with Crippen LogP contribution in [0.15, 0.2) is 24.3 Å². The van der Waals surface area contributed by atoms with Gasteiger partial charge in [-0.3, -0.25) is 4.79 Å². The Morgan fingerprint density at radius 1 is 1.44 bits per heavy atom. The Labute approximate surface area is 93.2 Å². The van der Waals surface area contributed by atoms with Crippen molar-refractivity contribution in [1.29, 1.82) is 0 Å². The van der Waals surface area contributed by atoms with Gasteiger partial charge in [0.2, 0.25) is 0 Å². The van der Waals surface area contributed by atoms with Gasteiger partial charge in [-0.25, -0.2) is 4.39 Å². The van der Waals surface area contributed by atoms with E-state index in [1.54, 1.807) is 13.0 Å². The van der Waals surface area contributed by atoms with Crippen LogP contribution in [0.5, 0.6) is 0 Å². The number of aromatic nitrogens is 1. The highest BCUT2D eigenvalue weighted by Crippen LogP contribution is 2.15. The number of ether oxygens (including phenoxy) is 1. The molecule has 86 valence electrons. The minimum atomic E-state index is -0.184. The number of nitrogens with one attached hydrogen (secondary N) is 1. The molecule has 0 unspecified atom stereocenters. The van der Waals surface area contributed by atoms with Crippen molar-refractivity contribution in [2.45, 2.75) is 13.8 Å². The van der Waals surface area contributed by atoms with Gasteiger partial charge in [0, 0.05) is 16.6 Å². The molecule has 0 aliphatic rings. The van der Waals surface area contributed by atoms with Crippen LogP contribution in [0.3, 0.4) is 0 Å². The quantitative estimate of drug-likeness (QED) is 0.795. The molecule has 0 aliphatic heterocycles. The summed E-state index contributed by atoms with van der Waals surface area (Å²) in [5, 5.41) is 0.933. The maximum atomic E-state index is 12.6. The fraction of sp³-hybridized carbons (Fsp3) is 0.250. The van der Waals surface area contributed by atoms with Gasteiger partial charge >= 0.3 is 0 Å². The number of aromatic amines is 1. The molecule has 0 saturated heterocycles. The maximum absolute atomic E-state index is 12.6. The first-order chi connectivity index (χ1) is 7.67. The van der Waals surface area contributed by atoms with E-state index in [2.05, 4.69) is 9.72 Å². The van der Waals surface area contributed by atoms with Gasteiger partial charge in [-0.05, 0) is 38.1 Å². The molecule has 1 aromatic heterocycles. The molecule has 0 fully saturated rings. The van der Waals surface area contributed by atoms with E-state index in [4.69, 9.17) is 0 Å². The summed E-state index contributed by atoms with van der Waals surface area (Å²) in [6, 6.07) is 6.66. The number of hydrogen-bond acceptors (Lipinski definition) is 2. The highest BCUT2D eigenvalue weighted by molar-refractivity contribution is 5.80. The van der Waals surface area contributed by atoms with E-state index in [9.17, 15) is 9.18 Å². The monoisotopic (exact) mass is 223 g/mol. The van der Waals surface area contributed by atoms with E-state index >= 15 is 0 Å². The molecule has 0 atom stereocenters. The third-order valence-electron chi connectivity index (χ3n) is 1.95. The zero-order chi connectivity index (χ0) is 12.0. The van der Waals surface area contributed by atoms with E-state index < -0.39 is 0 Å². The van der Waals surface area contributed by atoms with Gasteiger partial charge in [0.25, 0.3) is 6.47 Å². The predicted molar refractivity (Wildman–Crippen MR) is 60.7 cm³/mol. The number of aryl methyl sites for hydroxylation is 1. The SMILES string of the molecule is CCOC=O.Cc1cc2cc(F)ccc2[nH]1. The van der Waals surface area contributed by atoms with Crippen molar-refractivity contribution in [3.8, 4) is 0 Å². The molecule has 0 radical (unpaired) electrons. The van der Waals surface area contributed by atoms with Crippen LogP contribution in [0, 0.1) is 12.7 Å². The van der Waals surface area contributed by atoms with Crippen LogP contribution in [0.1, 0.15) is 12.6 Å². The standard InChI is InChI=1S/C9H8FN.C3H6O2/c1-6-4-7-5-8(10)2-3-9(7)11-6;1-2-5-3-4/h2-5,11H,1H3;3H,2H2,1H3. The molecular formula is C12H14FNO2. The van der Waals surface area contributed by atoms with Crippen LogP contribution in [-0.4, -0.2) is 18.1 Å². The Kier molecular flexibility index (Phi) is 4.51. The number of hydrogen-bond donors (Lipinski definition) is 1. The van der Waals surface area contributed by atoms with Crippen molar-refractivity contribution in [3.05, 3.63) is 35.8 Å². The Bertz CT molecular complexity index is 465. The molecule has 4 heteroatoms. The molecule has 0 amide bonds. The highest BCUT2D eigenvalue weighted by Gasteiger charge is 1.97. The molecule has 0 bridgehead atoms. The largest absolute Gasteiger partial charge is 0.468 e. The summed E-state index contributed by atoms with van der Waals surface area (Å²) in [6.45, 7) is 4.62. The molecule has 0 spiro atoms. The van der Waals surface area contributed by atoms with Gasteiger partial charge in [-0.1, -0.05) is 0 Å². The zero-order valence-electron chi connectivity index (χ0n) is 9.29. The summed E-state index contributed by atoms with van der Waals surface area (Å²) in [6.07, 6.45) is 0. The summed E-state index contributed by atoms with van der Waals surface area (Å²) in [7, 11) is 0. The lowest BCUT2D eigenvalue weighted by Gasteiger charge is -1.87. The topological polar surface area (TPSA) is 42.1 Å². The second-order valence-electron chi connectivity index (χ2n) is 3.24. The lowest BCUT2D eigenvalue weighted by atomic mass is 10.2. The minimum absolute atomic E-state index is 0.184. The highest BCUT2D eigenvalue weighted by atomic mass is 19.1. The average molecular weight is 223 g/mol. The molecule has 2 aromatic rings. The second kappa shape index (κ2) is 5.90. The van der Waals surface area contributed by atoms with E-state index in [0.717, 1.165) is 16.6 Å². The normalized spacial score (nSPS) is 9.44. The van der Waals surface area contributed by atoms with E-state index in [0.29, 0.717) is 13.1 Å². The zero-order valence-corrected chi connectivity index (χ0v) is 9.29. The Balaban J connectivity index is 0.000000221. The van der Waals surface area contributed by atoms with Gasteiger partial charge in [0.15, 0.2) is 0 Å². The average Bonchev–Trinajstić information content (AvgIpc) is 2.59. The summed E-state index contributed by atoms with van der Waals surface area (Å²) in [5.41, 5.74) is 2.05. The Hall–Kier alpha value is -1.84. The van der Waals surface area contributed by atoms with Crippen molar-refractivity contribution in [2.75, 3.05) is 6.61 Å². The van der Waals surface area contributed by atoms with Gasteiger partial charge in [-0.2, -0.15) is 0 Å². The first kappa shape index (κ1) is 12.2. The van der Waals surface area contributed by atoms with Crippen LogP contribution in [0.25, 0.3) is 10.9 Å². The molecule has 16 heavy (non-hydrogen) atoms. The molecule has 0 saturated carbocycles. The lowest BCUT2D eigenvalue weighted by Crippen LogP contribution is -1.80. The van der Waals surface area contributed by atoms with Gasteiger partial charge in [-0.15, -0.1) is 0 Å². The smallest absolute Gasteiger partial charge is 0.293 e. The lowest BCUT2D eigenvalue weighted by molar-refractivity contribution is -0.128. The molecule has 3 nitrogen and oxygen atoms in total. The summed E-state index contributed by atoms with van der Waals surface area (Å²) >= 11 is 0. The van der Waals surface area contributed by atoms with E-state index in [1.165, 1.54) is 12.1 Å². The van der Waals surface area contributed by atoms with Crippen molar-refractivity contribution in [2.24, 2.45) is 0 Å². The number of carbonyl (C=O) groups is 1. The summed E-state index contributed by atoms with van der Waals surface area (Å²) < 4.78 is 16.8. The fourth-order valence-electron chi connectivity index (χ4n) is 1.32. The van der Waals surface area contributed by atoms with Crippen LogP contribution in [0.2, 0.25) is 0 Å². The molecule has 1 heterocycles.